The van der Waals surface area contributed by atoms with Crippen LogP contribution in [0.3, 0.4) is 0 Å². The number of benzene rings is 1. The van der Waals surface area contributed by atoms with E-state index in [0.29, 0.717) is 23.8 Å². The van der Waals surface area contributed by atoms with Crippen molar-refractivity contribution in [1.29, 1.82) is 0 Å². The van der Waals surface area contributed by atoms with Crippen molar-refractivity contribution < 1.29 is 14.3 Å². The van der Waals surface area contributed by atoms with E-state index >= 15 is 0 Å². The summed E-state index contributed by atoms with van der Waals surface area (Å²) < 4.78 is 10.6. The van der Waals surface area contributed by atoms with Gasteiger partial charge in [0.1, 0.15) is 0 Å². The number of likely N-dealkylation sites (tertiary alicyclic amines) is 1. The van der Waals surface area contributed by atoms with Gasteiger partial charge in [0.15, 0.2) is 17.3 Å². The second-order valence-corrected chi connectivity index (χ2v) is 5.97. The minimum Gasteiger partial charge on any atom is -0.454 e. The number of nitrogens with zero attached hydrogens (tertiary/aromatic N) is 1. The van der Waals surface area contributed by atoms with Gasteiger partial charge >= 0.3 is 0 Å². The number of piperidine rings is 1. The van der Waals surface area contributed by atoms with Crippen LogP contribution < -0.4 is 9.47 Å². The average molecular weight is 275 g/mol. The lowest BCUT2D eigenvalue weighted by Gasteiger charge is -2.34. The lowest BCUT2D eigenvalue weighted by molar-refractivity contribution is 0.0849. The van der Waals surface area contributed by atoms with Gasteiger partial charge < -0.3 is 9.47 Å². The van der Waals surface area contributed by atoms with Crippen molar-refractivity contribution in [3.8, 4) is 11.5 Å². The SMILES string of the molecule is CC1CCN(CC(=O)c2ccc3c(c2)OCO3)CC1C. The molecule has 4 nitrogen and oxygen atoms in total. The van der Waals surface area contributed by atoms with Crippen LogP contribution in [0, 0.1) is 11.8 Å². The number of carbonyl (C=O) groups excluding carboxylic acids is 1. The molecule has 3 rings (SSSR count). The summed E-state index contributed by atoms with van der Waals surface area (Å²) in [6.07, 6.45) is 1.18. The summed E-state index contributed by atoms with van der Waals surface area (Å²) in [6, 6.07) is 5.43. The van der Waals surface area contributed by atoms with E-state index in [1.165, 1.54) is 6.42 Å². The molecule has 0 aliphatic carbocycles. The molecule has 0 spiro atoms. The number of carbonyl (C=O) groups is 1. The van der Waals surface area contributed by atoms with Crippen LogP contribution >= 0.6 is 0 Å². The van der Waals surface area contributed by atoms with Crippen LogP contribution in [0.15, 0.2) is 18.2 Å². The first-order valence-corrected chi connectivity index (χ1v) is 7.28. The molecule has 2 unspecified atom stereocenters. The molecule has 0 N–H and O–H groups in total. The lowest BCUT2D eigenvalue weighted by atomic mass is 9.88. The quantitative estimate of drug-likeness (QED) is 0.795. The standard InChI is InChI=1S/C16H21NO3/c1-11-5-6-17(8-12(11)2)9-14(18)13-3-4-15-16(7-13)20-10-19-15/h3-4,7,11-12H,5-6,8-10H2,1-2H3. The van der Waals surface area contributed by atoms with Gasteiger partial charge in [-0.1, -0.05) is 13.8 Å². The van der Waals surface area contributed by atoms with Crippen molar-refractivity contribution in [2.75, 3.05) is 26.4 Å². The normalized spacial score (nSPS) is 25.7. The highest BCUT2D eigenvalue weighted by Crippen LogP contribution is 2.32. The second kappa shape index (κ2) is 5.44. The van der Waals surface area contributed by atoms with Crippen molar-refractivity contribution in [3.63, 3.8) is 0 Å². The highest BCUT2D eigenvalue weighted by Gasteiger charge is 2.24. The fourth-order valence-corrected chi connectivity index (χ4v) is 2.86. The molecule has 0 radical (unpaired) electrons. The van der Waals surface area contributed by atoms with E-state index < -0.39 is 0 Å². The van der Waals surface area contributed by atoms with Crippen molar-refractivity contribution in [2.45, 2.75) is 20.3 Å². The Labute approximate surface area is 119 Å². The number of Topliss-reactive ketones (excluding diaryl/α,β-unsaturated/α-hetero) is 1. The summed E-state index contributed by atoms with van der Waals surface area (Å²) in [5, 5.41) is 0. The van der Waals surface area contributed by atoms with Gasteiger partial charge in [-0.2, -0.15) is 0 Å². The van der Waals surface area contributed by atoms with E-state index in [1.807, 2.05) is 12.1 Å². The molecule has 108 valence electrons. The zero-order chi connectivity index (χ0) is 14.1. The Hall–Kier alpha value is -1.55. The van der Waals surface area contributed by atoms with Crippen LogP contribution in [-0.2, 0) is 0 Å². The fourth-order valence-electron chi connectivity index (χ4n) is 2.86. The molecule has 1 aromatic rings. The summed E-state index contributed by atoms with van der Waals surface area (Å²) >= 11 is 0. The van der Waals surface area contributed by atoms with Gasteiger partial charge in [0.05, 0.1) is 6.54 Å². The zero-order valence-corrected chi connectivity index (χ0v) is 12.1. The summed E-state index contributed by atoms with van der Waals surface area (Å²) in [6.45, 7) is 7.33. The molecule has 2 heterocycles. The fraction of sp³-hybridized carbons (Fsp3) is 0.562. The van der Waals surface area contributed by atoms with E-state index in [9.17, 15) is 4.79 Å². The van der Waals surface area contributed by atoms with E-state index in [0.717, 1.165) is 24.8 Å². The predicted octanol–water partition coefficient (Wildman–Crippen LogP) is 2.58. The molecule has 0 saturated carbocycles. The topological polar surface area (TPSA) is 38.8 Å². The predicted molar refractivity (Wildman–Crippen MR) is 76.3 cm³/mol. The maximum absolute atomic E-state index is 12.4. The van der Waals surface area contributed by atoms with E-state index in [4.69, 9.17) is 9.47 Å². The number of hydrogen-bond acceptors (Lipinski definition) is 4. The third-order valence-corrected chi connectivity index (χ3v) is 4.48. The molecule has 1 aromatic carbocycles. The molecule has 1 saturated heterocycles. The maximum atomic E-state index is 12.4. The Balaban J connectivity index is 1.65. The molecule has 4 heteroatoms. The van der Waals surface area contributed by atoms with Gasteiger partial charge in [-0.25, -0.2) is 0 Å². The molecular formula is C16H21NO3. The number of rotatable bonds is 3. The largest absolute Gasteiger partial charge is 0.454 e. The minimum atomic E-state index is 0.157. The van der Waals surface area contributed by atoms with Gasteiger partial charge in [-0.15, -0.1) is 0 Å². The van der Waals surface area contributed by atoms with Crippen LogP contribution in [0.5, 0.6) is 11.5 Å². The van der Waals surface area contributed by atoms with E-state index in [2.05, 4.69) is 18.7 Å². The monoisotopic (exact) mass is 275 g/mol. The number of ether oxygens (including phenoxy) is 2. The van der Waals surface area contributed by atoms with Crippen molar-refractivity contribution in [2.24, 2.45) is 11.8 Å². The van der Waals surface area contributed by atoms with Gasteiger partial charge in [0, 0.05) is 12.1 Å². The van der Waals surface area contributed by atoms with Crippen LogP contribution in [0.25, 0.3) is 0 Å². The Bertz CT molecular complexity index is 514. The van der Waals surface area contributed by atoms with Gasteiger partial charge in [-0.3, -0.25) is 9.69 Å². The Morgan fingerprint density at radius 1 is 1.25 bits per heavy atom. The lowest BCUT2D eigenvalue weighted by Crippen LogP contribution is -2.41. The highest BCUT2D eigenvalue weighted by atomic mass is 16.7. The van der Waals surface area contributed by atoms with Crippen molar-refractivity contribution in [1.82, 2.24) is 4.90 Å². The van der Waals surface area contributed by atoms with E-state index in [-0.39, 0.29) is 12.6 Å². The average Bonchev–Trinajstić information content (AvgIpc) is 2.90. The van der Waals surface area contributed by atoms with Crippen LogP contribution in [0.2, 0.25) is 0 Å². The summed E-state index contributed by atoms with van der Waals surface area (Å²) in [5.74, 6) is 2.98. The first-order chi connectivity index (χ1) is 9.63. The highest BCUT2D eigenvalue weighted by molar-refractivity contribution is 5.98. The number of ketones is 1. The van der Waals surface area contributed by atoms with Crippen LogP contribution in [0.4, 0.5) is 0 Å². The first kappa shape index (κ1) is 13.4. The molecule has 0 aromatic heterocycles. The van der Waals surface area contributed by atoms with E-state index in [1.54, 1.807) is 6.07 Å². The molecule has 0 bridgehead atoms. The summed E-state index contributed by atoms with van der Waals surface area (Å²) in [5.41, 5.74) is 0.709. The van der Waals surface area contributed by atoms with Gasteiger partial charge in [0.25, 0.3) is 0 Å². The molecule has 1 fully saturated rings. The smallest absolute Gasteiger partial charge is 0.231 e. The van der Waals surface area contributed by atoms with Crippen molar-refractivity contribution >= 4 is 5.78 Å². The number of fused-ring (bicyclic) bond motifs is 1. The van der Waals surface area contributed by atoms with Gasteiger partial charge in [0.2, 0.25) is 6.79 Å². The van der Waals surface area contributed by atoms with Gasteiger partial charge in [-0.05, 0) is 43.0 Å². The Morgan fingerprint density at radius 2 is 2.05 bits per heavy atom. The van der Waals surface area contributed by atoms with Crippen LogP contribution in [0.1, 0.15) is 30.6 Å². The molecule has 2 atom stereocenters. The molecule has 20 heavy (non-hydrogen) atoms. The second-order valence-electron chi connectivity index (χ2n) is 5.97. The van der Waals surface area contributed by atoms with Crippen molar-refractivity contribution in [3.05, 3.63) is 23.8 Å². The third kappa shape index (κ3) is 2.66. The first-order valence-electron chi connectivity index (χ1n) is 7.28. The zero-order valence-electron chi connectivity index (χ0n) is 12.1. The molecular weight excluding hydrogens is 254 g/mol. The summed E-state index contributed by atoms with van der Waals surface area (Å²) in [7, 11) is 0. The Morgan fingerprint density at radius 3 is 2.85 bits per heavy atom. The molecule has 2 aliphatic rings. The van der Waals surface area contributed by atoms with Crippen LogP contribution in [-0.4, -0.2) is 37.1 Å². The Kier molecular flexibility index (Phi) is 3.66. The maximum Gasteiger partial charge on any atom is 0.231 e. The summed E-state index contributed by atoms with van der Waals surface area (Å²) in [4.78, 5) is 14.6. The minimum absolute atomic E-state index is 0.157. The number of hydrogen-bond donors (Lipinski definition) is 0. The molecule has 0 amide bonds. The molecule has 2 aliphatic heterocycles. The third-order valence-electron chi connectivity index (χ3n) is 4.48.